The van der Waals surface area contributed by atoms with E-state index in [1.807, 2.05) is 38.4 Å². The fourth-order valence-corrected chi connectivity index (χ4v) is 2.73. The first-order valence-corrected chi connectivity index (χ1v) is 7.85. The van der Waals surface area contributed by atoms with Crippen LogP contribution in [0.4, 0.5) is 0 Å². The normalized spacial score (nSPS) is 10.9. The van der Waals surface area contributed by atoms with E-state index in [0.717, 1.165) is 33.8 Å². The van der Waals surface area contributed by atoms with E-state index in [-0.39, 0.29) is 5.78 Å². The zero-order valence-electron chi connectivity index (χ0n) is 12.8. The van der Waals surface area contributed by atoms with Crippen molar-refractivity contribution in [2.24, 2.45) is 0 Å². The number of carbonyl (C=O) groups is 1. The SMILES string of the molecule is CCc1nnc(C)cc1C(=O)Cc1c(Br)c(C)nn1CC. The van der Waals surface area contributed by atoms with E-state index < -0.39 is 0 Å². The molecule has 0 radical (unpaired) electrons. The molecule has 0 aliphatic carbocycles. The Labute approximate surface area is 132 Å². The average Bonchev–Trinajstić information content (AvgIpc) is 2.74. The van der Waals surface area contributed by atoms with Crippen LogP contribution in [0.1, 0.15) is 47.0 Å². The van der Waals surface area contributed by atoms with Crippen molar-refractivity contribution in [1.82, 2.24) is 20.0 Å². The van der Waals surface area contributed by atoms with E-state index in [4.69, 9.17) is 0 Å². The molecule has 0 unspecified atom stereocenters. The maximum absolute atomic E-state index is 12.6. The van der Waals surface area contributed by atoms with Gasteiger partial charge in [0.25, 0.3) is 0 Å². The summed E-state index contributed by atoms with van der Waals surface area (Å²) >= 11 is 3.53. The summed E-state index contributed by atoms with van der Waals surface area (Å²) in [4.78, 5) is 12.6. The van der Waals surface area contributed by atoms with Crippen LogP contribution in [-0.4, -0.2) is 25.8 Å². The number of aryl methyl sites for hydroxylation is 4. The first-order chi connectivity index (χ1) is 9.97. The van der Waals surface area contributed by atoms with Crippen molar-refractivity contribution in [2.45, 2.75) is 47.1 Å². The van der Waals surface area contributed by atoms with Gasteiger partial charge in [0.05, 0.1) is 33.7 Å². The van der Waals surface area contributed by atoms with E-state index in [0.29, 0.717) is 18.4 Å². The Morgan fingerprint density at radius 1 is 1.29 bits per heavy atom. The van der Waals surface area contributed by atoms with Crippen molar-refractivity contribution in [1.29, 1.82) is 0 Å². The predicted octanol–water partition coefficient (Wildman–Crippen LogP) is 3.06. The quantitative estimate of drug-likeness (QED) is 0.777. The van der Waals surface area contributed by atoms with Gasteiger partial charge in [0.15, 0.2) is 5.78 Å². The van der Waals surface area contributed by atoms with Crippen LogP contribution in [-0.2, 0) is 19.4 Å². The molecule has 0 saturated carbocycles. The lowest BCUT2D eigenvalue weighted by Crippen LogP contribution is -2.13. The third-order valence-corrected chi connectivity index (χ3v) is 4.44. The molecule has 0 amide bonds. The Morgan fingerprint density at radius 3 is 2.62 bits per heavy atom. The summed E-state index contributed by atoms with van der Waals surface area (Å²) in [5.74, 6) is 0.0557. The minimum atomic E-state index is 0.0557. The number of ketones is 1. The monoisotopic (exact) mass is 350 g/mol. The fourth-order valence-electron chi connectivity index (χ4n) is 2.30. The predicted molar refractivity (Wildman–Crippen MR) is 84.5 cm³/mol. The minimum absolute atomic E-state index is 0.0557. The fraction of sp³-hybridized carbons (Fsp3) is 0.467. The molecule has 0 spiro atoms. The van der Waals surface area contributed by atoms with Gasteiger partial charge in [-0.2, -0.15) is 15.3 Å². The Kier molecular flexibility index (Phi) is 4.88. The Hall–Kier alpha value is -1.56. The third kappa shape index (κ3) is 3.20. The summed E-state index contributed by atoms with van der Waals surface area (Å²) in [5, 5.41) is 12.6. The van der Waals surface area contributed by atoms with Crippen LogP contribution in [0.25, 0.3) is 0 Å². The molecule has 2 aromatic heterocycles. The lowest BCUT2D eigenvalue weighted by atomic mass is 10.0. The van der Waals surface area contributed by atoms with Crippen LogP contribution in [0.3, 0.4) is 0 Å². The topological polar surface area (TPSA) is 60.7 Å². The van der Waals surface area contributed by atoms with Crippen molar-refractivity contribution in [3.05, 3.63) is 38.9 Å². The summed E-state index contributed by atoms with van der Waals surface area (Å²) in [6.07, 6.45) is 1.01. The second-order valence-electron chi connectivity index (χ2n) is 4.96. The molecule has 2 aromatic rings. The highest BCUT2D eigenvalue weighted by Gasteiger charge is 2.19. The third-order valence-electron chi connectivity index (χ3n) is 3.41. The highest BCUT2D eigenvalue weighted by atomic mass is 79.9. The number of carbonyl (C=O) groups excluding carboxylic acids is 1. The molecular formula is C15H19BrN4O. The second-order valence-corrected chi connectivity index (χ2v) is 5.75. The summed E-state index contributed by atoms with van der Waals surface area (Å²) in [7, 11) is 0. The van der Waals surface area contributed by atoms with Crippen LogP contribution in [0.2, 0.25) is 0 Å². The summed E-state index contributed by atoms with van der Waals surface area (Å²) in [5.41, 5.74) is 3.99. The molecule has 0 fully saturated rings. The highest BCUT2D eigenvalue weighted by molar-refractivity contribution is 9.10. The molecule has 0 aliphatic rings. The van der Waals surface area contributed by atoms with Gasteiger partial charge >= 0.3 is 0 Å². The lowest BCUT2D eigenvalue weighted by molar-refractivity contribution is 0.0988. The Balaban J connectivity index is 2.37. The largest absolute Gasteiger partial charge is 0.294 e. The van der Waals surface area contributed by atoms with Gasteiger partial charge < -0.3 is 0 Å². The molecule has 6 heteroatoms. The molecule has 0 atom stereocenters. The van der Waals surface area contributed by atoms with E-state index in [1.165, 1.54) is 0 Å². The van der Waals surface area contributed by atoms with Crippen LogP contribution < -0.4 is 0 Å². The van der Waals surface area contributed by atoms with Gasteiger partial charge in [-0.25, -0.2) is 0 Å². The first-order valence-electron chi connectivity index (χ1n) is 7.06. The standard InChI is InChI=1S/C15H19BrN4O/c1-5-12-11(7-9(3)17-18-12)14(21)8-13-15(16)10(4)19-20(13)6-2/h7H,5-6,8H2,1-4H3. The molecule has 21 heavy (non-hydrogen) atoms. The number of aromatic nitrogens is 4. The van der Waals surface area contributed by atoms with Gasteiger partial charge in [-0.05, 0) is 49.2 Å². The number of halogens is 1. The molecule has 5 nitrogen and oxygen atoms in total. The second kappa shape index (κ2) is 6.47. The van der Waals surface area contributed by atoms with Crippen molar-refractivity contribution in [3.8, 4) is 0 Å². The number of hydrogen-bond acceptors (Lipinski definition) is 4. The van der Waals surface area contributed by atoms with Crippen LogP contribution in [0.15, 0.2) is 10.5 Å². The van der Waals surface area contributed by atoms with Crippen molar-refractivity contribution in [3.63, 3.8) is 0 Å². The smallest absolute Gasteiger partial charge is 0.170 e. The first kappa shape index (κ1) is 15.8. The lowest BCUT2D eigenvalue weighted by Gasteiger charge is -2.08. The summed E-state index contributed by atoms with van der Waals surface area (Å²) in [6, 6.07) is 1.82. The van der Waals surface area contributed by atoms with Crippen LogP contribution >= 0.6 is 15.9 Å². The molecule has 2 heterocycles. The number of nitrogens with zero attached hydrogens (tertiary/aromatic N) is 4. The van der Waals surface area contributed by atoms with Crippen LogP contribution in [0.5, 0.6) is 0 Å². The molecule has 0 aromatic carbocycles. The summed E-state index contributed by atoms with van der Waals surface area (Å²) < 4.78 is 2.78. The molecule has 0 aliphatic heterocycles. The minimum Gasteiger partial charge on any atom is -0.294 e. The molecule has 2 rings (SSSR count). The number of hydrogen-bond donors (Lipinski definition) is 0. The average molecular weight is 351 g/mol. The summed E-state index contributed by atoms with van der Waals surface area (Å²) in [6.45, 7) is 8.51. The zero-order valence-corrected chi connectivity index (χ0v) is 14.4. The molecule has 0 saturated heterocycles. The molecule has 0 N–H and O–H groups in total. The van der Waals surface area contributed by atoms with Crippen molar-refractivity contribution in [2.75, 3.05) is 0 Å². The maximum atomic E-state index is 12.6. The van der Waals surface area contributed by atoms with Crippen molar-refractivity contribution < 1.29 is 4.79 Å². The van der Waals surface area contributed by atoms with E-state index in [1.54, 1.807) is 0 Å². The van der Waals surface area contributed by atoms with Crippen LogP contribution in [0, 0.1) is 13.8 Å². The molecule has 112 valence electrons. The Morgan fingerprint density at radius 2 is 2.00 bits per heavy atom. The van der Waals surface area contributed by atoms with Gasteiger partial charge in [-0.15, -0.1) is 0 Å². The molecule has 0 bridgehead atoms. The highest BCUT2D eigenvalue weighted by Crippen LogP contribution is 2.23. The zero-order chi connectivity index (χ0) is 15.6. The Bertz CT molecular complexity index is 679. The van der Waals surface area contributed by atoms with Gasteiger partial charge in [-0.1, -0.05) is 6.92 Å². The molecular weight excluding hydrogens is 332 g/mol. The number of rotatable bonds is 5. The van der Waals surface area contributed by atoms with Gasteiger partial charge in [-0.3, -0.25) is 9.48 Å². The van der Waals surface area contributed by atoms with Gasteiger partial charge in [0.2, 0.25) is 0 Å². The van der Waals surface area contributed by atoms with E-state index in [9.17, 15) is 4.79 Å². The van der Waals surface area contributed by atoms with Gasteiger partial charge in [0.1, 0.15) is 0 Å². The maximum Gasteiger partial charge on any atom is 0.170 e. The van der Waals surface area contributed by atoms with Crippen molar-refractivity contribution >= 4 is 21.7 Å². The number of Topliss-reactive ketones (excluding diaryl/α,β-unsaturated/α-hetero) is 1. The van der Waals surface area contributed by atoms with E-state index >= 15 is 0 Å². The van der Waals surface area contributed by atoms with Gasteiger partial charge in [0, 0.05) is 12.1 Å². The van der Waals surface area contributed by atoms with E-state index in [2.05, 4.69) is 31.2 Å².